The van der Waals surface area contributed by atoms with Crippen molar-refractivity contribution in [1.29, 1.82) is 0 Å². The highest BCUT2D eigenvalue weighted by Crippen LogP contribution is 2.45. The van der Waals surface area contributed by atoms with Crippen molar-refractivity contribution in [3.63, 3.8) is 0 Å². The average Bonchev–Trinajstić information content (AvgIpc) is 3.34. The van der Waals surface area contributed by atoms with Crippen LogP contribution in [-0.2, 0) is 10.5 Å². The Bertz CT molecular complexity index is 1150. The van der Waals surface area contributed by atoms with Crippen LogP contribution in [0, 0.1) is 5.41 Å². The number of benzene rings is 1. The van der Waals surface area contributed by atoms with E-state index in [4.69, 9.17) is 26.1 Å². The summed E-state index contributed by atoms with van der Waals surface area (Å²) in [6.07, 6.45) is 2.90. The summed E-state index contributed by atoms with van der Waals surface area (Å²) in [6.45, 7) is 4.23. The molecule has 0 bridgehead atoms. The maximum atomic E-state index is 13.1. The normalized spacial score (nSPS) is 20.0. The molecular formula is C22H21ClN4O2S. The molecule has 0 saturated heterocycles. The van der Waals surface area contributed by atoms with Crippen LogP contribution in [0.1, 0.15) is 44.1 Å². The first-order valence-corrected chi connectivity index (χ1v) is 11.2. The lowest BCUT2D eigenvalue weighted by atomic mass is 9.73. The molecule has 30 heavy (non-hydrogen) atoms. The van der Waals surface area contributed by atoms with Crippen LogP contribution in [0.3, 0.4) is 0 Å². The van der Waals surface area contributed by atoms with Gasteiger partial charge in [0.15, 0.2) is 5.78 Å². The average molecular weight is 441 g/mol. The number of aromatic nitrogens is 3. The molecule has 0 amide bonds. The lowest BCUT2D eigenvalue weighted by Crippen LogP contribution is -2.36. The van der Waals surface area contributed by atoms with Crippen molar-refractivity contribution in [3.8, 4) is 0 Å². The fourth-order valence-corrected chi connectivity index (χ4v) is 5.23. The van der Waals surface area contributed by atoms with Crippen molar-refractivity contribution >= 4 is 35.1 Å². The third-order valence-electron chi connectivity index (χ3n) is 5.44. The molecule has 0 radical (unpaired) electrons. The molecular weight excluding hydrogens is 420 g/mol. The Kier molecular flexibility index (Phi) is 4.75. The molecule has 1 aromatic carbocycles. The lowest BCUT2D eigenvalue weighted by Gasteiger charge is -2.37. The highest BCUT2D eigenvalue weighted by atomic mass is 35.5. The smallest absolute Gasteiger partial charge is 0.227 e. The van der Waals surface area contributed by atoms with Crippen LogP contribution in [0.15, 0.2) is 63.5 Å². The van der Waals surface area contributed by atoms with Crippen molar-refractivity contribution in [2.75, 3.05) is 5.32 Å². The van der Waals surface area contributed by atoms with E-state index in [0.29, 0.717) is 29.0 Å². The zero-order chi connectivity index (χ0) is 20.9. The van der Waals surface area contributed by atoms with Crippen molar-refractivity contribution in [1.82, 2.24) is 14.8 Å². The summed E-state index contributed by atoms with van der Waals surface area (Å²) in [5.41, 5.74) is 2.58. The first kappa shape index (κ1) is 19.5. The minimum Gasteiger partial charge on any atom is -0.467 e. The second-order valence-corrected chi connectivity index (χ2v) is 9.77. The van der Waals surface area contributed by atoms with Crippen molar-refractivity contribution in [3.05, 3.63) is 70.3 Å². The van der Waals surface area contributed by atoms with Gasteiger partial charge in [-0.2, -0.15) is 4.98 Å². The number of carbonyl (C=O) groups excluding carboxylic acids is 1. The van der Waals surface area contributed by atoms with Crippen LogP contribution in [0.5, 0.6) is 0 Å². The van der Waals surface area contributed by atoms with Gasteiger partial charge in [0.1, 0.15) is 11.8 Å². The number of carbonyl (C=O) groups is 1. The van der Waals surface area contributed by atoms with E-state index in [1.807, 2.05) is 36.4 Å². The Morgan fingerprint density at radius 2 is 2.10 bits per heavy atom. The van der Waals surface area contributed by atoms with E-state index in [2.05, 4.69) is 19.2 Å². The molecule has 1 unspecified atom stereocenters. The van der Waals surface area contributed by atoms with E-state index in [1.165, 1.54) is 11.8 Å². The second kappa shape index (κ2) is 7.32. The van der Waals surface area contributed by atoms with Gasteiger partial charge >= 0.3 is 0 Å². The Morgan fingerprint density at radius 1 is 1.27 bits per heavy atom. The molecule has 0 fully saturated rings. The van der Waals surface area contributed by atoms with Gasteiger partial charge in [-0.1, -0.05) is 55.4 Å². The number of ketones is 1. The first-order chi connectivity index (χ1) is 14.4. The van der Waals surface area contributed by atoms with Crippen LogP contribution in [-0.4, -0.2) is 20.5 Å². The molecule has 0 spiro atoms. The van der Waals surface area contributed by atoms with Crippen LogP contribution >= 0.6 is 23.4 Å². The van der Waals surface area contributed by atoms with Crippen LogP contribution < -0.4 is 5.32 Å². The number of Topliss-reactive ketones (excluding diaryl/α,β-unsaturated/α-hetero) is 1. The molecule has 3 aromatic rings. The Labute approximate surface area is 183 Å². The molecule has 5 rings (SSSR count). The molecule has 6 nitrogen and oxygen atoms in total. The first-order valence-electron chi connectivity index (χ1n) is 9.81. The standard InChI is InChI=1S/C22H21ClN4O2S/c1-22(2)10-15-18(16(28)11-22)19(17-8-5-9-29-17)27-20(24-15)25-21(26-27)30-12-13-6-3-4-7-14(13)23/h3-9,19H,10-12H2,1-2H3,(H,24,25,26). The maximum Gasteiger partial charge on any atom is 0.227 e. The third kappa shape index (κ3) is 3.46. The van der Waals surface area contributed by atoms with E-state index in [1.54, 1.807) is 10.9 Å². The molecule has 2 aromatic heterocycles. The number of hydrogen-bond acceptors (Lipinski definition) is 6. The third-order valence-corrected chi connectivity index (χ3v) is 6.69. The van der Waals surface area contributed by atoms with Gasteiger partial charge in [-0.25, -0.2) is 4.68 Å². The quantitative estimate of drug-likeness (QED) is 0.542. The number of anilines is 1. The van der Waals surface area contributed by atoms with E-state index >= 15 is 0 Å². The number of nitrogens with zero attached hydrogens (tertiary/aromatic N) is 3. The van der Waals surface area contributed by atoms with Gasteiger partial charge in [0, 0.05) is 28.5 Å². The number of thioether (sulfide) groups is 1. The fourth-order valence-electron chi connectivity index (χ4n) is 4.12. The highest BCUT2D eigenvalue weighted by Gasteiger charge is 2.42. The summed E-state index contributed by atoms with van der Waals surface area (Å²) < 4.78 is 7.47. The van der Waals surface area contributed by atoms with Gasteiger partial charge in [-0.3, -0.25) is 4.79 Å². The van der Waals surface area contributed by atoms with E-state index in [9.17, 15) is 4.79 Å². The van der Waals surface area contributed by atoms with Crippen LogP contribution in [0.25, 0.3) is 0 Å². The molecule has 1 aliphatic heterocycles. The zero-order valence-corrected chi connectivity index (χ0v) is 18.3. The summed E-state index contributed by atoms with van der Waals surface area (Å²) in [5.74, 6) is 2.10. The monoisotopic (exact) mass is 440 g/mol. The van der Waals surface area contributed by atoms with E-state index in [0.717, 1.165) is 28.3 Å². The fraction of sp³-hybridized carbons (Fsp3) is 0.318. The van der Waals surface area contributed by atoms with Crippen LogP contribution in [0.4, 0.5) is 5.95 Å². The van der Waals surface area contributed by atoms with Gasteiger partial charge < -0.3 is 9.73 Å². The predicted octanol–water partition coefficient (Wildman–Crippen LogP) is 5.47. The summed E-state index contributed by atoms with van der Waals surface area (Å²) in [4.78, 5) is 17.8. The van der Waals surface area contributed by atoms with E-state index in [-0.39, 0.29) is 11.2 Å². The molecule has 3 heterocycles. The summed E-state index contributed by atoms with van der Waals surface area (Å²) in [6, 6.07) is 11.1. The van der Waals surface area contributed by atoms with Gasteiger partial charge in [-0.15, -0.1) is 5.10 Å². The van der Waals surface area contributed by atoms with Crippen molar-refractivity contribution in [2.45, 2.75) is 43.6 Å². The maximum absolute atomic E-state index is 13.1. The number of rotatable bonds is 4. The zero-order valence-electron chi connectivity index (χ0n) is 16.7. The number of allylic oxidation sites excluding steroid dienone is 2. The van der Waals surface area contributed by atoms with Crippen LogP contribution in [0.2, 0.25) is 5.02 Å². The second-order valence-electron chi connectivity index (χ2n) is 8.42. The number of halogens is 1. The van der Waals surface area contributed by atoms with Crippen molar-refractivity contribution in [2.24, 2.45) is 5.41 Å². The molecule has 1 aliphatic carbocycles. The molecule has 1 atom stereocenters. The number of furan rings is 1. The number of nitrogens with one attached hydrogen (secondary N) is 1. The van der Waals surface area contributed by atoms with Gasteiger partial charge in [0.05, 0.1) is 6.26 Å². The molecule has 1 N–H and O–H groups in total. The highest BCUT2D eigenvalue weighted by molar-refractivity contribution is 7.98. The van der Waals surface area contributed by atoms with Crippen molar-refractivity contribution < 1.29 is 9.21 Å². The Balaban J connectivity index is 1.51. The van der Waals surface area contributed by atoms with E-state index < -0.39 is 6.04 Å². The largest absolute Gasteiger partial charge is 0.467 e. The number of hydrogen-bond donors (Lipinski definition) is 1. The van der Waals surface area contributed by atoms with Gasteiger partial charge in [-0.05, 0) is 35.6 Å². The lowest BCUT2D eigenvalue weighted by molar-refractivity contribution is -0.118. The minimum atomic E-state index is -0.406. The van der Waals surface area contributed by atoms with Gasteiger partial charge in [0.2, 0.25) is 11.1 Å². The topological polar surface area (TPSA) is 73.0 Å². The minimum absolute atomic E-state index is 0.0968. The van der Waals surface area contributed by atoms with Gasteiger partial charge in [0.25, 0.3) is 0 Å². The molecule has 0 saturated carbocycles. The summed E-state index contributed by atoms with van der Waals surface area (Å²) in [7, 11) is 0. The molecule has 154 valence electrons. The molecule has 8 heteroatoms. The summed E-state index contributed by atoms with van der Waals surface area (Å²) >= 11 is 7.79. The predicted molar refractivity (Wildman–Crippen MR) is 117 cm³/mol. The molecule has 2 aliphatic rings. The Hall–Kier alpha value is -2.51. The SMILES string of the molecule is CC1(C)CC(=O)C2=C(C1)Nc1nc(SCc3ccccc3Cl)nn1C2c1ccco1. The number of fused-ring (bicyclic) bond motifs is 1. The Morgan fingerprint density at radius 3 is 2.87 bits per heavy atom. The summed E-state index contributed by atoms with van der Waals surface area (Å²) in [5, 5.41) is 9.44.